The molecule has 3 aromatic carbocycles. The maximum absolute atomic E-state index is 12.2. The van der Waals surface area contributed by atoms with E-state index < -0.39 is 5.97 Å². The van der Waals surface area contributed by atoms with Gasteiger partial charge in [0.05, 0.1) is 11.3 Å². The largest absolute Gasteiger partial charge is 0.478 e. The molecule has 2 N–H and O–H groups in total. The van der Waals surface area contributed by atoms with Crippen LogP contribution in [0.2, 0.25) is 0 Å². The number of fused-ring (bicyclic) bond motifs is 1. The van der Waals surface area contributed by atoms with E-state index in [0.717, 1.165) is 28.2 Å². The fourth-order valence-corrected chi connectivity index (χ4v) is 3.19. The number of ether oxygens (including phenoxy) is 2. The lowest BCUT2D eigenvalue weighted by molar-refractivity contribution is -0.116. The summed E-state index contributed by atoms with van der Waals surface area (Å²) in [6, 6.07) is 20.2. The zero-order valence-corrected chi connectivity index (χ0v) is 15.6. The first kappa shape index (κ1) is 18.6. The van der Waals surface area contributed by atoms with E-state index in [1.54, 1.807) is 18.2 Å². The van der Waals surface area contributed by atoms with Crippen LogP contribution in [0.3, 0.4) is 0 Å². The quantitative estimate of drug-likeness (QED) is 0.655. The van der Waals surface area contributed by atoms with E-state index in [4.69, 9.17) is 9.47 Å². The zero-order valence-electron chi connectivity index (χ0n) is 15.6. The lowest BCUT2D eigenvalue weighted by Crippen LogP contribution is -2.15. The Labute approximate surface area is 167 Å². The summed E-state index contributed by atoms with van der Waals surface area (Å²) in [6.45, 7) is 0.247. The number of carbonyl (C=O) groups is 2. The second kappa shape index (κ2) is 8.06. The van der Waals surface area contributed by atoms with Gasteiger partial charge in [-0.05, 0) is 47.4 Å². The summed E-state index contributed by atoms with van der Waals surface area (Å²) in [5.74, 6) is 0.198. The van der Waals surface area contributed by atoms with E-state index in [9.17, 15) is 14.7 Å². The van der Waals surface area contributed by atoms with Crippen molar-refractivity contribution in [2.45, 2.75) is 12.8 Å². The first-order valence-electron chi connectivity index (χ1n) is 9.21. The topological polar surface area (TPSA) is 84.9 Å². The van der Waals surface area contributed by atoms with Crippen molar-refractivity contribution in [3.63, 3.8) is 0 Å². The van der Waals surface area contributed by atoms with Crippen molar-refractivity contribution in [2.24, 2.45) is 0 Å². The minimum Gasteiger partial charge on any atom is -0.478 e. The van der Waals surface area contributed by atoms with E-state index >= 15 is 0 Å². The van der Waals surface area contributed by atoms with Gasteiger partial charge < -0.3 is 19.9 Å². The number of carboxylic acid groups (broad SMARTS) is 1. The number of aryl methyl sites for hydroxylation is 1. The van der Waals surface area contributed by atoms with E-state index in [-0.39, 0.29) is 24.7 Å². The van der Waals surface area contributed by atoms with E-state index in [1.807, 2.05) is 42.5 Å². The van der Waals surface area contributed by atoms with Gasteiger partial charge in [-0.2, -0.15) is 0 Å². The van der Waals surface area contributed by atoms with Gasteiger partial charge in [-0.15, -0.1) is 0 Å². The summed E-state index contributed by atoms with van der Waals surface area (Å²) in [5, 5.41) is 11.9. The average Bonchev–Trinajstić information content (AvgIpc) is 3.21. The van der Waals surface area contributed by atoms with Crippen LogP contribution in [0.25, 0.3) is 11.1 Å². The molecule has 0 aliphatic carbocycles. The van der Waals surface area contributed by atoms with Crippen LogP contribution in [0.1, 0.15) is 22.3 Å². The number of amides is 1. The number of carboxylic acids is 1. The summed E-state index contributed by atoms with van der Waals surface area (Å²) in [5.41, 5.74) is 3.49. The predicted octanol–water partition coefficient (Wildman–Crippen LogP) is 4.35. The number of hydrogen-bond acceptors (Lipinski definition) is 4. The van der Waals surface area contributed by atoms with Crippen molar-refractivity contribution in [3.8, 4) is 22.6 Å². The van der Waals surface area contributed by atoms with Crippen molar-refractivity contribution < 1.29 is 24.2 Å². The summed E-state index contributed by atoms with van der Waals surface area (Å²) in [6.07, 6.45) is 0.819. The molecule has 0 radical (unpaired) electrons. The van der Waals surface area contributed by atoms with Gasteiger partial charge in [-0.3, -0.25) is 4.79 Å². The third-order valence-corrected chi connectivity index (χ3v) is 4.73. The standard InChI is InChI=1S/C23H19NO5/c25-22(24-19-4-2-1-3-18(19)23(26)27)12-7-15-5-8-16(9-6-15)17-10-11-20-21(13-17)29-14-28-20/h1-6,8-11,13H,7,12,14H2,(H,24,25)(H,26,27). The molecule has 0 aromatic heterocycles. The highest BCUT2D eigenvalue weighted by atomic mass is 16.7. The molecule has 1 aliphatic rings. The number of rotatable bonds is 6. The Morgan fingerprint density at radius 3 is 2.41 bits per heavy atom. The van der Waals surface area contributed by atoms with E-state index in [1.165, 1.54) is 6.07 Å². The van der Waals surface area contributed by atoms with E-state index in [2.05, 4.69) is 5.32 Å². The highest BCUT2D eigenvalue weighted by molar-refractivity contribution is 6.00. The van der Waals surface area contributed by atoms with Crippen LogP contribution >= 0.6 is 0 Å². The van der Waals surface area contributed by atoms with Gasteiger partial charge in [0, 0.05) is 6.42 Å². The Balaban J connectivity index is 1.37. The minimum atomic E-state index is -1.07. The van der Waals surface area contributed by atoms with Gasteiger partial charge >= 0.3 is 5.97 Å². The van der Waals surface area contributed by atoms with Crippen LogP contribution in [0, 0.1) is 0 Å². The monoisotopic (exact) mass is 389 g/mol. The van der Waals surface area contributed by atoms with Crippen molar-refractivity contribution >= 4 is 17.6 Å². The number of anilines is 1. The van der Waals surface area contributed by atoms with Gasteiger partial charge in [-0.25, -0.2) is 4.79 Å². The highest BCUT2D eigenvalue weighted by Crippen LogP contribution is 2.35. The normalized spacial score (nSPS) is 11.9. The Morgan fingerprint density at radius 1 is 0.897 bits per heavy atom. The van der Waals surface area contributed by atoms with Crippen molar-refractivity contribution in [1.82, 2.24) is 0 Å². The number of nitrogens with one attached hydrogen (secondary N) is 1. The molecule has 0 atom stereocenters. The highest BCUT2D eigenvalue weighted by Gasteiger charge is 2.14. The minimum absolute atomic E-state index is 0.0777. The van der Waals surface area contributed by atoms with Crippen LogP contribution < -0.4 is 14.8 Å². The van der Waals surface area contributed by atoms with Crippen LogP contribution in [0.15, 0.2) is 66.7 Å². The summed E-state index contributed by atoms with van der Waals surface area (Å²) < 4.78 is 10.8. The molecule has 0 saturated heterocycles. The second-order valence-corrected chi connectivity index (χ2v) is 6.66. The van der Waals surface area contributed by atoms with Gasteiger partial charge in [0.25, 0.3) is 0 Å². The van der Waals surface area contributed by atoms with Crippen LogP contribution in [-0.2, 0) is 11.2 Å². The number of hydrogen-bond donors (Lipinski definition) is 2. The fourth-order valence-electron chi connectivity index (χ4n) is 3.19. The summed E-state index contributed by atoms with van der Waals surface area (Å²) >= 11 is 0. The lowest BCUT2D eigenvalue weighted by Gasteiger charge is -2.09. The van der Waals surface area contributed by atoms with Crippen LogP contribution in [0.5, 0.6) is 11.5 Å². The molecule has 1 heterocycles. The molecule has 146 valence electrons. The Kier molecular flexibility index (Phi) is 5.16. The third kappa shape index (κ3) is 4.21. The Bertz CT molecular complexity index is 1060. The first-order valence-corrected chi connectivity index (χ1v) is 9.21. The molecule has 0 unspecified atom stereocenters. The first-order chi connectivity index (χ1) is 14.1. The fraction of sp³-hybridized carbons (Fsp3) is 0.130. The SMILES string of the molecule is O=C(CCc1ccc(-c2ccc3c(c2)OCO3)cc1)Nc1ccccc1C(=O)O. The van der Waals surface area contributed by atoms with Gasteiger partial charge in [0.1, 0.15) is 0 Å². The van der Waals surface area contributed by atoms with Gasteiger partial charge in [0.2, 0.25) is 12.7 Å². The van der Waals surface area contributed by atoms with Crippen molar-refractivity contribution in [3.05, 3.63) is 77.9 Å². The Hall–Kier alpha value is -3.80. The molecule has 1 amide bonds. The third-order valence-electron chi connectivity index (χ3n) is 4.73. The zero-order chi connectivity index (χ0) is 20.2. The van der Waals surface area contributed by atoms with Crippen LogP contribution in [-0.4, -0.2) is 23.8 Å². The smallest absolute Gasteiger partial charge is 0.337 e. The van der Waals surface area contributed by atoms with Crippen molar-refractivity contribution in [1.29, 1.82) is 0 Å². The average molecular weight is 389 g/mol. The molecule has 6 nitrogen and oxygen atoms in total. The number of aromatic carboxylic acids is 1. The number of carbonyl (C=O) groups excluding carboxylic acids is 1. The second-order valence-electron chi connectivity index (χ2n) is 6.66. The molecule has 4 rings (SSSR count). The maximum Gasteiger partial charge on any atom is 0.337 e. The molecule has 3 aromatic rings. The maximum atomic E-state index is 12.2. The lowest BCUT2D eigenvalue weighted by atomic mass is 10.0. The molecular weight excluding hydrogens is 370 g/mol. The van der Waals surface area contributed by atoms with E-state index in [0.29, 0.717) is 12.1 Å². The van der Waals surface area contributed by atoms with Gasteiger partial charge in [0.15, 0.2) is 11.5 Å². The Morgan fingerprint density at radius 2 is 1.62 bits per heavy atom. The number of para-hydroxylation sites is 1. The molecular formula is C23H19NO5. The molecule has 0 fully saturated rings. The molecule has 0 bridgehead atoms. The molecule has 0 saturated carbocycles. The molecule has 29 heavy (non-hydrogen) atoms. The molecule has 6 heteroatoms. The predicted molar refractivity (Wildman–Crippen MR) is 108 cm³/mol. The van der Waals surface area contributed by atoms with Crippen LogP contribution in [0.4, 0.5) is 5.69 Å². The molecule has 1 aliphatic heterocycles. The summed E-state index contributed by atoms with van der Waals surface area (Å²) in [7, 11) is 0. The number of benzene rings is 3. The molecule has 0 spiro atoms. The van der Waals surface area contributed by atoms with Crippen molar-refractivity contribution in [2.75, 3.05) is 12.1 Å². The summed E-state index contributed by atoms with van der Waals surface area (Å²) in [4.78, 5) is 23.5. The van der Waals surface area contributed by atoms with Gasteiger partial charge in [-0.1, -0.05) is 42.5 Å².